The van der Waals surface area contributed by atoms with Gasteiger partial charge in [-0.3, -0.25) is 9.58 Å². The van der Waals surface area contributed by atoms with Crippen LogP contribution >= 0.6 is 0 Å². The number of β-amino-alcohol motifs (C(OH)–C–C–N with tert-alkyl or cyclic N) is 1. The Balaban J connectivity index is 1.73. The Labute approximate surface area is 134 Å². The van der Waals surface area contributed by atoms with Crippen molar-refractivity contribution in [2.45, 2.75) is 38.5 Å². The van der Waals surface area contributed by atoms with E-state index in [2.05, 4.69) is 10.00 Å². The molecule has 4 nitrogen and oxygen atoms in total. The maximum Gasteiger partial charge on any atom is 0.159 e. The monoisotopic (exact) mass is 321 g/mol. The van der Waals surface area contributed by atoms with Crippen LogP contribution in [0.4, 0.5) is 8.78 Å². The molecule has 1 aliphatic rings. The zero-order valence-electron chi connectivity index (χ0n) is 13.1. The molecule has 0 aliphatic carbocycles. The number of rotatable bonds is 5. The molecule has 1 aromatic carbocycles. The molecule has 2 atom stereocenters. The molecule has 0 radical (unpaired) electrons. The third kappa shape index (κ3) is 3.43. The summed E-state index contributed by atoms with van der Waals surface area (Å²) in [6.45, 7) is 4.15. The first-order valence-electron chi connectivity index (χ1n) is 7.96. The maximum atomic E-state index is 13.5. The quantitative estimate of drug-likeness (QED) is 0.920. The number of benzene rings is 1. The molecular formula is C17H21F2N3O. The minimum Gasteiger partial charge on any atom is -0.392 e. The van der Waals surface area contributed by atoms with Crippen molar-refractivity contribution < 1.29 is 13.9 Å². The number of halogens is 2. The van der Waals surface area contributed by atoms with Crippen LogP contribution in [0.3, 0.4) is 0 Å². The SMILES string of the molecule is CCn1nccc1CCN1C[C@@H](O)C[C@@H]1c1ccc(F)c(F)c1. The summed E-state index contributed by atoms with van der Waals surface area (Å²) < 4.78 is 28.6. The van der Waals surface area contributed by atoms with E-state index in [4.69, 9.17) is 0 Å². The van der Waals surface area contributed by atoms with Crippen LogP contribution in [0.2, 0.25) is 0 Å². The normalized spacial score (nSPS) is 21.9. The average molecular weight is 321 g/mol. The Morgan fingerprint density at radius 3 is 2.83 bits per heavy atom. The van der Waals surface area contributed by atoms with Crippen LogP contribution in [-0.2, 0) is 13.0 Å². The number of aryl methyl sites for hydroxylation is 1. The Kier molecular flexibility index (Phi) is 4.73. The van der Waals surface area contributed by atoms with Gasteiger partial charge in [-0.05, 0) is 37.1 Å². The third-order valence-corrected chi connectivity index (χ3v) is 4.47. The van der Waals surface area contributed by atoms with Crippen molar-refractivity contribution in [3.8, 4) is 0 Å². The molecule has 124 valence electrons. The molecule has 2 heterocycles. The van der Waals surface area contributed by atoms with Crippen molar-refractivity contribution >= 4 is 0 Å². The van der Waals surface area contributed by atoms with Gasteiger partial charge in [0, 0.05) is 44.0 Å². The Hall–Kier alpha value is -1.79. The fourth-order valence-electron chi connectivity index (χ4n) is 3.31. The fraction of sp³-hybridized carbons (Fsp3) is 0.471. The van der Waals surface area contributed by atoms with Gasteiger partial charge in [-0.15, -0.1) is 0 Å². The van der Waals surface area contributed by atoms with Crippen molar-refractivity contribution in [1.82, 2.24) is 14.7 Å². The van der Waals surface area contributed by atoms with Gasteiger partial charge < -0.3 is 5.11 Å². The lowest BCUT2D eigenvalue weighted by atomic mass is 10.0. The summed E-state index contributed by atoms with van der Waals surface area (Å²) in [7, 11) is 0. The molecule has 0 unspecified atom stereocenters. The van der Waals surface area contributed by atoms with Crippen molar-refractivity contribution in [1.29, 1.82) is 0 Å². The molecule has 6 heteroatoms. The molecule has 0 saturated carbocycles. The van der Waals surface area contributed by atoms with Gasteiger partial charge in [0.25, 0.3) is 0 Å². The highest BCUT2D eigenvalue weighted by molar-refractivity contribution is 5.23. The van der Waals surface area contributed by atoms with Crippen LogP contribution in [0.15, 0.2) is 30.5 Å². The van der Waals surface area contributed by atoms with Gasteiger partial charge in [0.15, 0.2) is 11.6 Å². The highest BCUT2D eigenvalue weighted by Gasteiger charge is 2.32. The van der Waals surface area contributed by atoms with Gasteiger partial charge in [0.2, 0.25) is 0 Å². The van der Waals surface area contributed by atoms with E-state index < -0.39 is 17.7 Å². The van der Waals surface area contributed by atoms with E-state index in [1.54, 1.807) is 12.3 Å². The van der Waals surface area contributed by atoms with Crippen molar-refractivity contribution in [2.75, 3.05) is 13.1 Å². The van der Waals surface area contributed by atoms with Crippen LogP contribution < -0.4 is 0 Å². The summed E-state index contributed by atoms with van der Waals surface area (Å²) in [4.78, 5) is 2.13. The first-order chi connectivity index (χ1) is 11.1. The largest absolute Gasteiger partial charge is 0.392 e. The zero-order valence-corrected chi connectivity index (χ0v) is 13.1. The van der Waals surface area contributed by atoms with E-state index in [0.717, 1.165) is 31.3 Å². The van der Waals surface area contributed by atoms with Gasteiger partial charge in [-0.25, -0.2) is 8.78 Å². The first-order valence-corrected chi connectivity index (χ1v) is 7.96. The maximum absolute atomic E-state index is 13.5. The van der Waals surface area contributed by atoms with E-state index in [1.807, 2.05) is 17.7 Å². The number of aromatic nitrogens is 2. The van der Waals surface area contributed by atoms with Gasteiger partial charge in [0.05, 0.1) is 6.10 Å². The van der Waals surface area contributed by atoms with Gasteiger partial charge in [-0.2, -0.15) is 5.10 Å². The smallest absolute Gasteiger partial charge is 0.159 e. The summed E-state index contributed by atoms with van der Waals surface area (Å²) in [6, 6.07) is 5.90. The second-order valence-electron chi connectivity index (χ2n) is 5.96. The molecule has 1 aliphatic heterocycles. The number of hydrogen-bond acceptors (Lipinski definition) is 3. The Morgan fingerprint density at radius 1 is 1.26 bits per heavy atom. The number of aliphatic hydroxyl groups is 1. The van der Waals surface area contributed by atoms with Crippen molar-refractivity contribution in [3.05, 3.63) is 53.4 Å². The number of likely N-dealkylation sites (tertiary alicyclic amines) is 1. The van der Waals surface area contributed by atoms with Gasteiger partial charge in [0.1, 0.15) is 0 Å². The summed E-state index contributed by atoms with van der Waals surface area (Å²) in [5.41, 5.74) is 1.85. The summed E-state index contributed by atoms with van der Waals surface area (Å²) in [6.07, 6.45) is 2.69. The van der Waals surface area contributed by atoms with Gasteiger partial charge in [-0.1, -0.05) is 6.07 Å². The number of aliphatic hydroxyl groups excluding tert-OH is 1. The lowest BCUT2D eigenvalue weighted by molar-refractivity contribution is 0.175. The van der Waals surface area contributed by atoms with E-state index in [0.29, 0.717) is 18.5 Å². The van der Waals surface area contributed by atoms with E-state index >= 15 is 0 Å². The van der Waals surface area contributed by atoms with Crippen molar-refractivity contribution in [3.63, 3.8) is 0 Å². The van der Waals surface area contributed by atoms with Crippen LogP contribution in [0.5, 0.6) is 0 Å². The molecule has 23 heavy (non-hydrogen) atoms. The second kappa shape index (κ2) is 6.76. The van der Waals surface area contributed by atoms with E-state index in [-0.39, 0.29) is 6.04 Å². The summed E-state index contributed by atoms with van der Waals surface area (Å²) >= 11 is 0. The van der Waals surface area contributed by atoms with Crippen LogP contribution in [0.1, 0.15) is 30.6 Å². The molecule has 0 bridgehead atoms. The van der Waals surface area contributed by atoms with Crippen LogP contribution in [0, 0.1) is 11.6 Å². The molecule has 2 aromatic rings. The number of hydrogen-bond donors (Lipinski definition) is 1. The molecule has 0 spiro atoms. The molecular weight excluding hydrogens is 300 g/mol. The summed E-state index contributed by atoms with van der Waals surface area (Å²) in [5.74, 6) is -1.68. The van der Waals surface area contributed by atoms with Gasteiger partial charge >= 0.3 is 0 Å². The fourth-order valence-corrected chi connectivity index (χ4v) is 3.31. The van der Waals surface area contributed by atoms with Crippen LogP contribution in [0.25, 0.3) is 0 Å². The Morgan fingerprint density at radius 2 is 2.09 bits per heavy atom. The third-order valence-electron chi connectivity index (χ3n) is 4.47. The lowest BCUT2D eigenvalue weighted by Crippen LogP contribution is -2.27. The average Bonchev–Trinajstić information content (AvgIpc) is 3.13. The standard InChI is InChI=1S/C17H21F2N3O/c1-2-22-13(5-7-20-22)6-8-21-11-14(23)10-17(21)12-3-4-15(18)16(19)9-12/h3-5,7,9,14,17,23H,2,6,8,10-11H2,1H3/t14-,17+/m0/s1. The number of nitrogens with zero attached hydrogens (tertiary/aromatic N) is 3. The lowest BCUT2D eigenvalue weighted by Gasteiger charge is -2.24. The molecule has 1 fully saturated rings. The second-order valence-corrected chi connectivity index (χ2v) is 5.96. The van der Waals surface area contributed by atoms with Crippen LogP contribution in [-0.4, -0.2) is 39.0 Å². The molecule has 1 saturated heterocycles. The summed E-state index contributed by atoms with van der Waals surface area (Å²) in [5, 5.41) is 14.2. The predicted octanol–water partition coefficient (Wildman–Crippen LogP) is 2.53. The minimum absolute atomic E-state index is 0.0851. The predicted molar refractivity (Wildman–Crippen MR) is 82.9 cm³/mol. The van der Waals surface area contributed by atoms with E-state index in [9.17, 15) is 13.9 Å². The van der Waals surface area contributed by atoms with E-state index in [1.165, 1.54) is 6.07 Å². The van der Waals surface area contributed by atoms with Crippen molar-refractivity contribution in [2.24, 2.45) is 0 Å². The topological polar surface area (TPSA) is 41.3 Å². The highest BCUT2D eigenvalue weighted by Crippen LogP contribution is 2.32. The molecule has 3 rings (SSSR count). The highest BCUT2D eigenvalue weighted by atomic mass is 19.2. The zero-order chi connectivity index (χ0) is 16.4. The molecule has 1 N–H and O–H groups in total. The molecule has 0 amide bonds. The first kappa shape index (κ1) is 16.1. The Bertz CT molecular complexity index is 674. The minimum atomic E-state index is -0.842. The molecule has 1 aromatic heterocycles.